The van der Waals surface area contributed by atoms with E-state index < -0.39 is 12.0 Å². The monoisotopic (exact) mass is 621 g/mol. The Hall–Kier alpha value is -4.28. The first-order valence-corrected chi connectivity index (χ1v) is 16.6. The van der Waals surface area contributed by atoms with E-state index in [1.807, 2.05) is 12.3 Å². The van der Waals surface area contributed by atoms with Crippen LogP contribution in [-0.4, -0.2) is 95.0 Å². The Kier molecular flexibility index (Phi) is 8.25. The third-order valence-electron chi connectivity index (χ3n) is 10.9. The first-order chi connectivity index (χ1) is 22.5. The fraction of sp³-hybridized carbons (Fsp3) is 0.528. The van der Waals surface area contributed by atoms with Gasteiger partial charge in [0.05, 0.1) is 11.6 Å². The molecule has 2 aliphatic carbocycles. The first-order valence-electron chi connectivity index (χ1n) is 16.6. The summed E-state index contributed by atoms with van der Waals surface area (Å²) in [4.78, 5) is 32.0. The molecule has 46 heavy (non-hydrogen) atoms. The zero-order chi connectivity index (χ0) is 31.8. The fourth-order valence-electron chi connectivity index (χ4n) is 8.63. The van der Waals surface area contributed by atoms with Crippen molar-refractivity contribution < 1.29 is 13.9 Å². The minimum atomic E-state index is -0.527. The quantitative estimate of drug-likeness (QED) is 0.340. The lowest BCUT2D eigenvalue weighted by atomic mass is 9.80. The molecule has 6 aliphatic rings. The Morgan fingerprint density at radius 2 is 1.98 bits per heavy atom. The van der Waals surface area contributed by atoms with Gasteiger partial charge in [-0.05, 0) is 93.8 Å². The van der Waals surface area contributed by atoms with Gasteiger partial charge < -0.3 is 19.4 Å². The predicted molar refractivity (Wildman–Crippen MR) is 173 cm³/mol. The maximum Gasteiger partial charge on any atom is 0.246 e. The number of carbonyl (C=O) groups is 1. The molecule has 0 saturated carbocycles. The van der Waals surface area contributed by atoms with Gasteiger partial charge in [-0.15, -0.1) is 0 Å². The van der Waals surface area contributed by atoms with Crippen molar-refractivity contribution >= 4 is 17.4 Å². The minimum Gasteiger partial charge on any atom is -0.475 e. The maximum absolute atomic E-state index is 16.3. The molecule has 5 heterocycles. The Labute approximate surface area is 270 Å². The molecule has 238 valence electrons. The number of allylic oxidation sites excluding steroid dienone is 2. The van der Waals surface area contributed by atoms with Crippen molar-refractivity contribution in [2.45, 2.75) is 69.0 Å². The van der Waals surface area contributed by atoms with E-state index in [1.165, 1.54) is 11.6 Å². The van der Waals surface area contributed by atoms with E-state index in [2.05, 4.69) is 32.3 Å². The fourth-order valence-corrected chi connectivity index (χ4v) is 8.63. The average Bonchev–Trinajstić information content (AvgIpc) is 3.67. The summed E-state index contributed by atoms with van der Waals surface area (Å²) in [5.74, 6) is -0.789. The van der Waals surface area contributed by atoms with Crippen molar-refractivity contribution in [2.75, 3.05) is 45.9 Å². The van der Waals surface area contributed by atoms with Gasteiger partial charge in [0.2, 0.25) is 18.3 Å². The van der Waals surface area contributed by atoms with Crippen molar-refractivity contribution in [3.8, 4) is 6.07 Å². The summed E-state index contributed by atoms with van der Waals surface area (Å²) in [5.41, 5.74) is 4.58. The van der Waals surface area contributed by atoms with Gasteiger partial charge in [-0.3, -0.25) is 14.7 Å². The summed E-state index contributed by atoms with van der Waals surface area (Å²) >= 11 is 0. The number of rotatable bonds is 6. The number of nitriles is 1. The Balaban J connectivity index is 1.28. The van der Waals surface area contributed by atoms with Gasteiger partial charge >= 0.3 is 0 Å². The molecule has 0 radical (unpaired) electrons. The molecule has 10 heteroatoms. The normalized spacial score (nSPS) is 26.9. The van der Waals surface area contributed by atoms with Crippen LogP contribution >= 0.6 is 0 Å². The first kappa shape index (κ1) is 30.4. The third-order valence-corrected chi connectivity index (χ3v) is 10.9. The van der Waals surface area contributed by atoms with Crippen LogP contribution in [-0.2, 0) is 22.4 Å². The molecular formula is C36H40FN7O2. The second kappa shape index (κ2) is 12.5. The van der Waals surface area contributed by atoms with E-state index in [0.29, 0.717) is 49.0 Å². The molecule has 3 atom stereocenters. The van der Waals surface area contributed by atoms with Crippen molar-refractivity contribution in [1.29, 1.82) is 5.26 Å². The largest absolute Gasteiger partial charge is 0.475 e. The number of aliphatic imine (C=N–C) groups is 1. The second-order valence-corrected chi connectivity index (χ2v) is 13.3. The van der Waals surface area contributed by atoms with Crippen LogP contribution in [0.2, 0.25) is 0 Å². The van der Waals surface area contributed by atoms with E-state index in [0.717, 1.165) is 75.6 Å². The predicted octanol–water partition coefficient (Wildman–Crippen LogP) is 4.65. The van der Waals surface area contributed by atoms with E-state index in [1.54, 1.807) is 17.2 Å². The number of pyridine rings is 1. The van der Waals surface area contributed by atoms with Crippen LogP contribution in [0.15, 0.2) is 59.3 Å². The molecule has 2 unspecified atom stereocenters. The Morgan fingerprint density at radius 3 is 2.74 bits per heavy atom. The molecule has 1 aromatic rings. The molecule has 7 rings (SSSR count). The van der Waals surface area contributed by atoms with Crippen molar-refractivity contribution in [2.24, 2.45) is 10.9 Å². The van der Waals surface area contributed by atoms with E-state index in [9.17, 15) is 10.1 Å². The maximum atomic E-state index is 16.3. The number of aryl methyl sites for hydroxylation is 1. The van der Waals surface area contributed by atoms with Crippen molar-refractivity contribution in [1.82, 2.24) is 19.7 Å². The van der Waals surface area contributed by atoms with Crippen molar-refractivity contribution in [3.63, 3.8) is 0 Å². The molecule has 0 bridgehead atoms. The molecule has 3 fully saturated rings. The zero-order valence-corrected chi connectivity index (χ0v) is 26.3. The van der Waals surface area contributed by atoms with E-state index >= 15 is 4.39 Å². The molecule has 4 aliphatic heterocycles. The van der Waals surface area contributed by atoms with Crippen LogP contribution in [0.4, 0.5) is 4.39 Å². The number of ether oxygens (including phenoxy) is 1. The topological polar surface area (TPSA) is 89.4 Å². The molecule has 0 N–H and O–H groups in total. The van der Waals surface area contributed by atoms with Crippen molar-refractivity contribution in [3.05, 3.63) is 82.4 Å². The van der Waals surface area contributed by atoms with Crippen LogP contribution in [0.25, 0.3) is 10.4 Å². The molecule has 1 aromatic heterocycles. The van der Waals surface area contributed by atoms with Crippen LogP contribution in [0, 0.1) is 23.8 Å². The standard InChI is InChI=1S/C36H40FN7O2/c1-3-33(45)44-15-14-42(22-25(44)20-39-2)34-28-16-31(37)27(30-21-40-19-24-8-4-5-9-26(24)30)17-32(28)41-35(29(34)18-38)46-23-36-10-6-12-43(36)13-7-11-36/h3,16-17,19,21,25,28,32H,1,4-15,20,22-23H2/t25-,28?,32?/m0/s1. The average molecular weight is 622 g/mol. The molecule has 0 spiro atoms. The van der Waals surface area contributed by atoms with Gasteiger partial charge in [0.1, 0.15) is 30.1 Å². The number of hydrogen-bond donors (Lipinski definition) is 0. The summed E-state index contributed by atoms with van der Waals surface area (Å²) in [7, 11) is 0. The lowest BCUT2D eigenvalue weighted by molar-refractivity contribution is -0.130. The highest BCUT2D eigenvalue weighted by molar-refractivity contribution is 6.00. The highest BCUT2D eigenvalue weighted by atomic mass is 19.1. The van der Waals surface area contributed by atoms with Gasteiger partial charge in [-0.1, -0.05) is 6.58 Å². The Bertz CT molecular complexity index is 1640. The second-order valence-electron chi connectivity index (χ2n) is 13.3. The number of aromatic nitrogens is 1. The van der Waals surface area contributed by atoms with Crippen LogP contribution < -0.4 is 0 Å². The van der Waals surface area contributed by atoms with Gasteiger partial charge in [0, 0.05) is 54.8 Å². The smallest absolute Gasteiger partial charge is 0.246 e. The van der Waals surface area contributed by atoms with Gasteiger partial charge in [0.25, 0.3) is 0 Å². The van der Waals surface area contributed by atoms with Crippen LogP contribution in [0.3, 0.4) is 0 Å². The van der Waals surface area contributed by atoms with E-state index in [-0.39, 0.29) is 29.9 Å². The number of dihydropyridines is 1. The number of hydrogen-bond acceptors (Lipinski definition) is 7. The number of amides is 1. The highest BCUT2D eigenvalue weighted by Crippen LogP contribution is 2.44. The molecule has 0 aromatic carbocycles. The summed E-state index contributed by atoms with van der Waals surface area (Å²) in [6, 6.07) is 1.52. The number of carbonyl (C=O) groups excluding carboxylic acids is 1. The minimum absolute atomic E-state index is 0.0359. The SMILES string of the molecule is [C-]#[N+]C[C@H]1CN(C2=C(C#N)C(OCC34CCCN3CCC4)=NC3C=C(c4cncc5c4CCCC5)C(F)=CC23)CCN1C(=O)C=C. The molecule has 3 saturated heterocycles. The summed E-state index contributed by atoms with van der Waals surface area (Å²) in [6.07, 6.45) is 16.8. The van der Waals surface area contributed by atoms with Crippen LogP contribution in [0.5, 0.6) is 0 Å². The lowest BCUT2D eigenvalue weighted by Crippen LogP contribution is -2.57. The van der Waals surface area contributed by atoms with Gasteiger partial charge in [-0.2, -0.15) is 5.26 Å². The molecule has 9 nitrogen and oxygen atoms in total. The highest BCUT2D eigenvalue weighted by Gasteiger charge is 2.47. The summed E-state index contributed by atoms with van der Waals surface area (Å²) < 4.78 is 22.9. The van der Waals surface area contributed by atoms with Crippen LogP contribution in [0.1, 0.15) is 55.2 Å². The number of fused-ring (bicyclic) bond motifs is 3. The Morgan fingerprint density at radius 1 is 1.17 bits per heavy atom. The van der Waals surface area contributed by atoms with E-state index in [4.69, 9.17) is 16.3 Å². The summed E-state index contributed by atoms with van der Waals surface area (Å²) in [5, 5.41) is 10.6. The molecule has 1 amide bonds. The lowest BCUT2D eigenvalue weighted by Gasteiger charge is -2.44. The van der Waals surface area contributed by atoms with Gasteiger partial charge in [-0.25, -0.2) is 16.0 Å². The number of piperazine rings is 1. The number of nitrogens with zero attached hydrogens (tertiary/aromatic N) is 7. The summed E-state index contributed by atoms with van der Waals surface area (Å²) in [6.45, 7) is 15.0. The van der Waals surface area contributed by atoms with Gasteiger partial charge in [0.15, 0.2) is 0 Å². The zero-order valence-electron chi connectivity index (χ0n) is 26.3. The molecular weight excluding hydrogens is 581 g/mol. The number of halogens is 1. The third kappa shape index (κ3) is 5.23.